The van der Waals surface area contributed by atoms with Crippen molar-refractivity contribution in [3.63, 3.8) is 0 Å². The Kier molecular flexibility index (Phi) is 8.09. The third-order valence-electron chi connectivity index (χ3n) is 8.01. The van der Waals surface area contributed by atoms with E-state index in [-0.39, 0.29) is 12.0 Å². The fourth-order valence-electron chi connectivity index (χ4n) is 6.00. The molecule has 0 aromatic heterocycles. The monoisotopic (exact) mass is 493 g/mol. The van der Waals surface area contributed by atoms with Crippen molar-refractivity contribution in [1.82, 2.24) is 10.2 Å². The third-order valence-corrected chi connectivity index (χ3v) is 8.01. The largest absolute Gasteiger partial charge is 0.497 e. The molecule has 7 nitrogen and oxygen atoms in total. The molecule has 5 rings (SSSR count). The van der Waals surface area contributed by atoms with Crippen molar-refractivity contribution in [2.45, 2.75) is 68.7 Å². The number of aliphatic hydroxyl groups is 1. The minimum atomic E-state index is -0.537. The summed E-state index contributed by atoms with van der Waals surface area (Å²) in [6, 6.07) is 17.0. The summed E-state index contributed by atoms with van der Waals surface area (Å²) in [4.78, 5) is 14.7. The standard InChI is InChI=1S/C29H39N3O4/c1-35-23-11-9-20(10-12-23)17-28(34)32-15-13-21(14-16-32)30-18-22(33)19-36-27-8-4-7-26-29(27)24-5-2-3-6-25(24)31-26/h2-3,5-6,9-12,21-22,26-27,29-31,33H,4,7-8,13-19H2,1H3. The first-order valence-electron chi connectivity index (χ1n) is 13.4. The number of nitrogens with zero attached hydrogens (tertiary/aromatic N) is 1. The Bertz CT molecular complexity index is 1010. The van der Waals surface area contributed by atoms with Gasteiger partial charge in [0.2, 0.25) is 5.91 Å². The number of amides is 1. The van der Waals surface area contributed by atoms with Gasteiger partial charge in [0, 0.05) is 43.3 Å². The maximum atomic E-state index is 12.7. The number of carbonyl (C=O) groups excluding carboxylic acids is 1. The van der Waals surface area contributed by atoms with Gasteiger partial charge in [0.1, 0.15) is 5.75 Å². The van der Waals surface area contributed by atoms with Gasteiger partial charge in [-0.15, -0.1) is 0 Å². The van der Waals surface area contributed by atoms with Gasteiger partial charge in [-0.25, -0.2) is 0 Å². The first kappa shape index (κ1) is 25.1. The summed E-state index contributed by atoms with van der Waals surface area (Å²) in [6.45, 7) is 2.36. The number of ether oxygens (including phenoxy) is 2. The normalized spacial score (nSPS) is 24.5. The second kappa shape index (κ2) is 11.6. The van der Waals surface area contributed by atoms with E-state index in [0.717, 1.165) is 50.1 Å². The van der Waals surface area contributed by atoms with Crippen LogP contribution in [0, 0.1) is 0 Å². The smallest absolute Gasteiger partial charge is 0.226 e. The number of benzene rings is 2. The Hall–Kier alpha value is -2.61. The van der Waals surface area contributed by atoms with Crippen molar-refractivity contribution in [2.24, 2.45) is 0 Å². The third kappa shape index (κ3) is 5.85. The van der Waals surface area contributed by atoms with E-state index in [1.807, 2.05) is 29.2 Å². The van der Waals surface area contributed by atoms with Gasteiger partial charge in [-0.05, 0) is 61.4 Å². The lowest BCUT2D eigenvalue weighted by Gasteiger charge is -2.35. The second-order valence-corrected chi connectivity index (χ2v) is 10.4. The molecule has 36 heavy (non-hydrogen) atoms. The van der Waals surface area contributed by atoms with Crippen LogP contribution in [0.1, 0.15) is 49.1 Å². The molecule has 0 bridgehead atoms. The fraction of sp³-hybridized carbons (Fsp3) is 0.552. The molecule has 2 aliphatic heterocycles. The van der Waals surface area contributed by atoms with E-state index in [9.17, 15) is 9.90 Å². The second-order valence-electron chi connectivity index (χ2n) is 10.4. The molecule has 1 aliphatic carbocycles. The molecule has 7 heteroatoms. The predicted octanol–water partition coefficient (Wildman–Crippen LogP) is 3.33. The summed E-state index contributed by atoms with van der Waals surface area (Å²) in [7, 11) is 1.64. The minimum Gasteiger partial charge on any atom is -0.497 e. The molecule has 4 unspecified atom stereocenters. The molecular formula is C29H39N3O4. The van der Waals surface area contributed by atoms with Crippen LogP contribution >= 0.6 is 0 Å². The molecule has 2 heterocycles. The van der Waals surface area contributed by atoms with Crippen molar-refractivity contribution < 1.29 is 19.4 Å². The lowest BCUT2D eigenvalue weighted by atomic mass is 9.80. The molecule has 1 saturated heterocycles. The van der Waals surface area contributed by atoms with Crippen LogP contribution in [0.3, 0.4) is 0 Å². The quantitative estimate of drug-likeness (QED) is 0.497. The van der Waals surface area contributed by atoms with Gasteiger partial charge in [0.15, 0.2) is 0 Å². The molecule has 2 fully saturated rings. The number of anilines is 1. The predicted molar refractivity (Wildman–Crippen MR) is 140 cm³/mol. The summed E-state index contributed by atoms with van der Waals surface area (Å²) < 4.78 is 11.5. The number of hydrogen-bond acceptors (Lipinski definition) is 6. The van der Waals surface area contributed by atoms with Gasteiger partial charge in [0.05, 0.1) is 32.3 Å². The molecule has 3 N–H and O–H groups in total. The molecule has 4 atom stereocenters. The van der Waals surface area contributed by atoms with E-state index in [1.54, 1.807) is 7.11 Å². The van der Waals surface area contributed by atoms with E-state index in [0.29, 0.717) is 37.6 Å². The molecule has 0 radical (unpaired) electrons. The Morgan fingerprint density at radius 3 is 2.67 bits per heavy atom. The summed E-state index contributed by atoms with van der Waals surface area (Å²) in [5.74, 6) is 1.34. The number of piperidine rings is 1. The Labute approximate surface area is 214 Å². The average Bonchev–Trinajstić information content (AvgIpc) is 3.31. The number of hydrogen-bond donors (Lipinski definition) is 3. The van der Waals surface area contributed by atoms with E-state index >= 15 is 0 Å². The first-order chi connectivity index (χ1) is 17.6. The SMILES string of the molecule is COc1ccc(CC(=O)N2CCC(NCC(O)COC3CCCC4Nc5ccccc5C43)CC2)cc1. The highest BCUT2D eigenvalue weighted by atomic mass is 16.5. The van der Waals surface area contributed by atoms with Crippen LogP contribution in [-0.4, -0.2) is 73.6 Å². The van der Waals surface area contributed by atoms with Crippen molar-refractivity contribution in [2.75, 3.05) is 38.7 Å². The van der Waals surface area contributed by atoms with Crippen LogP contribution in [0.25, 0.3) is 0 Å². The molecule has 194 valence electrons. The summed E-state index contributed by atoms with van der Waals surface area (Å²) >= 11 is 0. The number of rotatable bonds is 9. The number of fused-ring (bicyclic) bond motifs is 3. The van der Waals surface area contributed by atoms with Crippen LogP contribution in [0.15, 0.2) is 48.5 Å². The Morgan fingerprint density at radius 2 is 1.89 bits per heavy atom. The Balaban J connectivity index is 1.02. The van der Waals surface area contributed by atoms with Crippen LogP contribution in [0.4, 0.5) is 5.69 Å². The van der Waals surface area contributed by atoms with E-state index < -0.39 is 6.10 Å². The van der Waals surface area contributed by atoms with Crippen LogP contribution < -0.4 is 15.4 Å². The number of aliphatic hydroxyl groups excluding tert-OH is 1. The van der Waals surface area contributed by atoms with E-state index in [2.05, 4.69) is 34.9 Å². The summed E-state index contributed by atoms with van der Waals surface area (Å²) in [5, 5.41) is 17.8. The zero-order valence-corrected chi connectivity index (χ0v) is 21.2. The number of likely N-dealkylation sites (tertiary alicyclic amines) is 1. The number of nitrogens with one attached hydrogen (secondary N) is 2. The highest BCUT2D eigenvalue weighted by Crippen LogP contribution is 2.44. The molecule has 1 saturated carbocycles. The van der Waals surface area contributed by atoms with Crippen molar-refractivity contribution >= 4 is 11.6 Å². The van der Waals surface area contributed by atoms with Crippen molar-refractivity contribution in [3.8, 4) is 5.75 Å². The highest BCUT2D eigenvalue weighted by molar-refractivity contribution is 5.78. The van der Waals surface area contributed by atoms with Crippen LogP contribution in [0.5, 0.6) is 5.75 Å². The van der Waals surface area contributed by atoms with Gasteiger partial charge < -0.3 is 30.1 Å². The highest BCUT2D eigenvalue weighted by Gasteiger charge is 2.40. The van der Waals surface area contributed by atoms with Gasteiger partial charge in [-0.1, -0.05) is 30.3 Å². The van der Waals surface area contributed by atoms with Crippen molar-refractivity contribution in [1.29, 1.82) is 0 Å². The topological polar surface area (TPSA) is 83.1 Å². The zero-order valence-electron chi connectivity index (χ0n) is 21.2. The van der Waals surface area contributed by atoms with Gasteiger partial charge in [0.25, 0.3) is 0 Å². The van der Waals surface area contributed by atoms with Gasteiger partial charge in [-0.2, -0.15) is 0 Å². The van der Waals surface area contributed by atoms with Gasteiger partial charge in [-0.3, -0.25) is 4.79 Å². The zero-order chi connectivity index (χ0) is 24.9. The molecule has 2 aromatic rings. The average molecular weight is 494 g/mol. The van der Waals surface area contributed by atoms with Crippen LogP contribution in [-0.2, 0) is 16.0 Å². The first-order valence-corrected chi connectivity index (χ1v) is 13.4. The minimum absolute atomic E-state index is 0.148. The molecule has 3 aliphatic rings. The lowest BCUT2D eigenvalue weighted by molar-refractivity contribution is -0.131. The van der Waals surface area contributed by atoms with Crippen LogP contribution in [0.2, 0.25) is 0 Å². The number of para-hydroxylation sites is 1. The fourth-order valence-corrected chi connectivity index (χ4v) is 6.00. The molecule has 1 amide bonds. The lowest BCUT2D eigenvalue weighted by Crippen LogP contribution is -2.47. The molecular weight excluding hydrogens is 454 g/mol. The maximum Gasteiger partial charge on any atom is 0.226 e. The summed E-state index contributed by atoms with van der Waals surface area (Å²) in [5.41, 5.74) is 3.59. The van der Waals surface area contributed by atoms with Crippen molar-refractivity contribution in [3.05, 3.63) is 59.7 Å². The number of carbonyl (C=O) groups is 1. The number of methoxy groups -OCH3 is 1. The van der Waals surface area contributed by atoms with Gasteiger partial charge >= 0.3 is 0 Å². The van der Waals surface area contributed by atoms with E-state index in [1.165, 1.54) is 17.7 Å². The van der Waals surface area contributed by atoms with E-state index in [4.69, 9.17) is 9.47 Å². The molecule has 2 aromatic carbocycles. The summed E-state index contributed by atoms with van der Waals surface area (Å²) in [6.07, 6.45) is 5.19. The Morgan fingerprint density at radius 1 is 1.11 bits per heavy atom. The molecule has 0 spiro atoms. The maximum absolute atomic E-state index is 12.7.